The Kier molecular flexibility index (Phi) is 6.16. The molecule has 3 rings (SSSR count). The molecular weight excluding hydrogens is 361 g/mol. The van der Waals surface area contributed by atoms with Crippen LogP contribution in [0.2, 0.25) is 0 Å². The summed E-state index contributed by atoms with van der Waals surface area (Å²) >= 11 is 0. The first-order valence-corrected chi connectivity index (χ1v) is 8.74. The molecule has 7 heteroatoms. The maximum atomic E-state index is 13.1. The normalized spacial score (nSPS) is 10.4. The SMILES string of the molecule is COc1ccc(OC)c(NC(=O)NCc2cccn2Cc2ccc(F)cc2)c1. The monoisotopic (exact) mass is 383 g/mol. The highest BCUT2D eigenvalue weighted by molar-refractivity contribution is 5.91. The average Bonchev–Trinajstić information content (AvgIpc) is 3.15. The highest BCUT2D eigenvalue weighted by Gasteiger charge is 2.10. The number of methoxy groups -OCH3 is 2. The highest BCUT2D eigenvalue weighted by Crippen LogP contribution is 2.28. The first-order chi connectivity index (χ1) is 13.6. The lowest BCUT2D eigenvalue weighted by Gasteiger charge is -2.14. The van der Waals surface area contributed by atoms with Crippen LogP contribution in [-0.4, -0.2) is 24.8 Å². The molecule has 2 N–H and O–H groups in total. The summed E-state index contributed by atoms with van der Waals surface area (Å²) in [4.78, 5) is 12.3. The van der Waals surface area contributed by atoms with Crippen LogP contribution in [0, 0.1) is 5.82 Å². The van der Waals surface area contributed by atoms with Crippen LogP contribution in [0.5, 0.6) is 11.5 Å². The summed E-state index contributed by atoms with van der Waals surface area (Å²) in [7, 11) is 3.09. The molecule has 0 bridgehead atoms. The van der Waals surface area contributed by atoms with Crippen molar-refractivity contribution in [1.82, 2.24) is 9.88 Å². The second kappa shape index (κ2) is 8.94. The van der Waals surface area contributed by atoms with E-state index in [9.17, 15) is 9.18 Å². The van der Waals surface area contributed by atoms with E-state index in [0.717, 1.165) is 11.3 Å². The van der Waals surface area contributed by atoms with E-state index in [-0.39, 0.29) is 11.8 Å². The van der Waals surface area contributed by atoms with Gasteiger partial charge in [0.15, 0.2) is 0 Å². The lowest BCUT2D eigenvalue weighted by molar-refractivity contribution is 0.251. The van der Waals surface area contributed by atoms with Gasteiger partial charge in [0, 0.05) is 24.5 Å². The third kappa shape index (κ3) is 4.82. The number of carbonyl (C=O) groups excluding carboxylic acids is 1. The van der Waals surface area contributed by atoms with Gasteiger partial charge in [-0.2, -0.15) is 0 Å². The van der Waals surface area contributed by atoms with E-state index >= 15 is 0 Å². The van der Waals surface area contributed by atoms with Gasteiger partial charge in [0.05, 0.1) is 26.5 Å². The van der Waals surface area contributed by atoms with Crippen LogP contribution in [0.4, 0.5) is 14.9 Å². The standard InChI is InChI=1S/C21H22FN3O3/c1-27-18-9-10-20(28-2)19(12-18)24-21(26)23-13-17-4-3-11-25(17)14-15-5-7-16(22)8-6-15/h3-12H,13-14H2,1-2H3,(H2,23,24,26). The van der Waals surface area contributed by atoms with Gasteiger partial charge in [-0.05, 0) is 42.0 Å². The molecule has 3 aromatic rings. The molecule has 28 heavy (non-hydrogen) atoms. The van der Waals surface area contributed by atoms with Crippen molar-refractivity contribution < 1.29 is 18.7 Å². The third-order valence-electron chi connectivity index (χ3n) is 4.27. The van der Waals surface area contributed by atoms with Crippen LogP contribution in [0.25, 0.3) is 0 Å². The van der Waals surface area contributed by atoms with Crippen molar-refractivity contribution in [2.75, 3.05) is 19.5 Å². The number of nitrogens with zero attached hydrogens (tertiary/aromatic N) is 1. The maximum Gasteiger partial charge on any atom is 0.319 e. The summed E-state index contributed by atoms with van der Waals surface area (Å²) in [6.07, 6.45) is 1.92. The van der Waals surface area contributed by atoms with Gasteiger partial charge in [0.25, 0.3) is 0 Å². The fraction of sp³-hybridized carbons (Fsp3) is 0.190. The number of benzene rings is 2. The van der Waals surface area contributed by atoms with E-state index < -0.39 is 0 Å². The molecule has 0 aliphatic carbocycles. The Morgan fingerprint density at radius 3 is 2.57 bits per heavy atom. The van der Waals surface area contributed by atoms with Crippen molar-refractivity contribution >= 4 is 11.7 Å². The minimum atomic E-state index is -0.360. The van der Waals surface area contributed by atoms with Crippen LogP contribution in [0.1, 0.15) is 11.3 Å². The molecule has 0 saturated carbocycles. The number of ether oxygens (including phenoxy) is 2. The first kappa shape index (κ1) is 19.3. The Morgan fingerprint density at radius 1 is 1.07 bits per heavy atom. The van der Waals surface area contributed by atoms with Crippen molar-refractivity contribution in [2.45, 2.75) is 13.1 Å². The van der Waals surface area contributed by atoms with Gasteiger partial charge >= 0.3 is 6.03 Å². The number of nitrogens with one attached hydrogen (secondary N) is 2. The summed E-state index contributed by atoms with van der Waals surface area (Å²) < 4.78 is 25.5. The molecule has 0 aliphatic rings. The van der Waals surface area contributed by atoms with Gasteiger partial charge in [-0.1, -0.05) is 12.1 Å². The van der Waals surface area contributed by atoms with Crippen LogP contribution in [-0.2, 0) is 13.1 Å². The molecule has 146 valence electrons. The zero-order chi connectivity index (χ0) is 19.9. The number of halogens is 1. The Balaban J connectivity index is 1.61. The topological polar surface area (TPSA) is 64.5 Å². The van der Waals surface area contributed by atoms with Crippen molar-refractivity contribution in [3.63, 3.8) is 0 Å². The number of urea groups is 1. The van der Waals surface area contributed by atoms with Crippen LogP contribution >= 0.6 is 0 Å². The Hall–Kier alpha value is -3.48. The minimum Gasteiger partial charge on any atom is -0.497 e. The molecule has 2 aromatic carbocycles. The molecule has 0 spiro atoms. The van der Waals surface area contributed by atoms with Crippen molar-refractivity contribution in [1.29, 1.82) is 0 Å². The van der Waals surface area contributed by atoms with Gasteiger partial charge in [0.1, 0.15) is 17.3 Å². The van der Waals surface area contributed by atoms with Crippen molar-refractivity contribution in [3.8, 4) is 11.5 Å². The van der Waals surface area contributed by atoms with Crippen molar-refractivity contribution in [2.24, 2.45) is 0 Å². The number of carbonyl (C=O) groups is 1. The molecule has 0 aliphatic heterocycles. The van der Waals surface area contributed by atoms with Gasteiger partial charge in [-0.15, -0.1) is 0 Å². The number of hydrogen-bond acceptors (Lipinski definition) is 3. The summed E-state index contributed by atoms with van der Waals surface area (Å²) in [5.74, 6) is 0.891. The van der Waals surface area contributed by atoms with E-state index in [4.69, 9.17) is 9.47 Å². The maximum absolute atomic E-state index is 13.1. The van der Waals surface area contributed by atoms with Crippen LogP contribution in [0.15, 0.2) is 60.8 Å². The number of aromatic nitrogens is 1. The number of amides is 2. The van der Waals surface area contributed by atoms with Gasteiger partial charge in [-0.25, -0.2) is 9.18 Å². The highest BCUT2D eigenvalue weighted by atomic mass is 19.1. The molecule has 0 fully saturated rings. The summed E-state index contributed by atoms with van der Waals surface area (Å²) in [5.41, 5.74) is 2.42. The fourth-order valence-corrected chi connectivity index (χ4v) is 2.80. The van der Waals surface area contributed by atoms with E-state index in [1.54, 1.807) is 37.4 Å². The molecule has 1 heterocycles. The summed E-state index contributed by atoms with van der Waals surface area (Å²) in [5, 5.41) is 5.60. The fourth-order valence-electron chi connectivity index (χ4n) is 2.80. The smallest absolute Gasteiger partial charge is 0.319 e. The lowest BCUT2D eigenvalue weighted by atomic mass is 10.2. The van der Waals surface area contributed by atoms with Gasteiger partial charge in [0.2, 0.25) is 0 Å². The summed E-state index contributed by atoms with van der Waals surface area (Å²) in [6.45, 7) is 0.932. The molecular formula is C21H22FN3O3. The zero-order valence-electron chi connectivity index (χ0n) is 15.7. The van der Waals surface area contributed by atoms with Crippen LogP contribution < -0.4 is 20.1 Å². The molecule has 2 amide bonds. The van der Waals surface area contributed by atoms with Crippen molar-refractivity contribution in [3.05, 3.63) is 77.9 Å². The number of anilines is 1. The second-order valence-electron chi connectivity index (χ2n) is 6.13. The molecule has 0 saturated heterocycles. The Morgan fingerprint density at radius 2 is 1.86 bits per heavy atom. The van der Waals surface area contributed by atoms with Gasteiger partial charge < -0.3 is 24.7 Å². The minimum absolute atomic E-state index is 0.261. The van der Waals surface area contributed by atoms with E-state index in [2.05, 4.69) is 10.6 Å². The van der Waals surface area contributed by atoms with Crippen LogP contribution in [0.3, 0.4) is 0 Å². The molecule has 0 radical (unpaired) electrons. The quantitative estimate of drug-likeness (QED) is 0.648. The van der Waals surface area contributed by atoms with E-state index in [0.29, 0.717) is 30.3 Å². The lowest BCUT2D eigenvalue weighted by Crippen LogP contribution is -2.29. The molecule has 1 aromatic heterocycles. The van der Waals surface area contributed by atoms with E-state index in [1.165, 1.54) is 19.2 Å². The average molecular weight is 383 g/mol. The predicted molar refractivity (Wildman–Crippen MR) is 105 cm³/mol. The molecule has 0 atom stereocenters. The van der Waals surface area contributed by atoms with Gasteiger partial charge in [-0.3, -0.25) is 0 Å². The Labute approximate surface area is 162 Å². The molecule has 6 nitrogen and oxygen atoms in total. The van der Waals surface area contributed by atoms with E-state index in [1.807, 2.05) is 22.9 Å². The summed E-state index contributed by atoms with van der Waals surface area (Å²) in [6, 6.07) is 15.0. The number of rotatable bonds is 7. The molecule has 0 unspecified atom stereocenters. The first-order valence-electron chi connectivity index (χ1n) is 8.74. The second-order valence-corrected chi connectivity index (χ2v) is 6.13. The largest absolute Gasteiger partial charge is 0.497 e. The predicted octanol–water partition coefficient (Wildman–Crippen LogP) is 4.01. The third-order valence-corrected chi connectivity index (χ3v) is 4.27. The number of hydrogen-bond donors (Lipinski definition) is 2. The Bertz CT molecular complexity index is 938. The zero-order valence-corrected chi connectivity index (χ0v) is 15.7.